The van der Waals surface area contributed by atoms with Gasteiger partial charge in [0.1, 0.15) is 0 Å². The van der Waals surface area contributed by atoms with E-state index in [0.29, 0.717) is 5.56 Å². The minimum atomic E-state index is -1.42. The lowest BCUT2D eigenvalue weighted by atomic mass is 10.1. The van der Waals surface area contributed by atoms with Gasteiger partial charge in [0.2, 0.25) is 0 Å². The zero-order valence-electron chi connectivity index (χ0n) is 7.37. The van der Waals surface area contributed by atoms with E-state index >= 15 is 0 Å². The first kappa shape index (κ1) is 10.1. The molecule has 1 nitrogen and oxygen atoms in total. The van der Waals surface area contributed by atoms with Gasteiger partial charge in [-0.05, 0) is 31.7 Å². The van der Waals surface area contributed by atoms with E-state index in [9.17, 15) is 13.2 Å². The van der Waals surface area contributed by atoms with Crippen molar-refractivity contribution in [1.82, 2.24) is 5.32 Å². The second-order valence-electron chi connectivity index (χ2n) is 2.81. The number of benzene rings is 1. The van der Waals surface area contributed by atoms with E-state index < -0.39 is 17.5 Å². The molecule has 1 aromatic carbocycles. The summed E-state index contributed by atoms with van der Waals surface area (Å²) in [7, 11) is 1.66. The summed E-state index contributed by atoms with van der Waals surface area (Å²) in [5.74, 6) is -3.73. The van der Waals surface area contributed by atoms with Crippen LogP contribution in [0.1, 0.15) is 18.5 Å². The zero-order chi connectivity index (χ0) is 10.0. The maximum absolute atomic E-state index is 12.7. The molecule has 0 aliphatic heterocycles. The summed E-state index contributed by atoms with van der Waals surface area (Å²) in [4.78, 5) is 0. The third-order valence-corrected chi connectivity index (χ3v) is 1.94. The van der Waals surface area contributed by atoms with Gasteiger partial charge < -0.3 is 5.32 Å². The van der Waals surface area contributed by atoms with Crippen LogP contribution in [0.3, 0.4) is 0 Å². The van der Waals surface area contributed by atoms with Gasteiger partial charge in [-0.3, -0.25) is 0 Å². The Bertz CT molecular complexity index is 289. The number of hydrogen-bond donors (Lipinski definition) is 1. The predicted molar refractivity (Wildman–Crippen MR) is 43.8 cm³/mol. The number of hydrogen-bond acceptors (Lipinski definition) is 1. The average Bonchev–Trinajstić information content (AvgIpc) is 2.12. The summed E-state index contributed by atoms with van der Waals surface area (Å²) in [6.07, 6.45) is 0. The van der Waals surface area contributed by atoms with Crippen LogP contribution in [-0.4, -0.2) is 7.05 Å². The van der Waals surface area contributed by atoms with Gasteiger partial charge in [0.15, 0.2) is 17.5 Å². The van der Waals surface area contributed by atoms with Crippen molar-refractivity contribution < 1.29 is 13.2 Å². The van der Waals surface area contributed by atoms with Crippen molar-refractivity contribution in [1.29, 1.82) is 0 Å². The molecule has 0 radical (unpaired) electrons. The van der Waals surface area contributed by atoms with Gasteiger partial charge in [0.05, 0.1) is 0 Å². The van der Waals surface area contributed by atoms with E-state index in [0.717, 1.165) is 12.1 Å². The van der Waals surface area contributed by atoms with Crippen molar-refractivity contribution in [3.8, 4) is 0 Å². The highest BCUT2D eigenvalue weighted by Gasteiger charge is 2.12. The maximum atomic E-state index is 12.7. The lowest BCUT2D eigenvalue weighted by Gasteiger charge is -2.10. The Morgan fingerprint density at radius 3 is 2.00 bits per heavy atom. The third kappa shape index (κ3) is 2.01. The normalized spacial score (nSPS) is 13.0. The van der Waals surface area contributed by atoms with Crippen LogP contribution in [0, 0.1) is 17.5 Å². The molecule has 0 heterocycles. The standard InChI is InChI=1S/C9H10F3N/c1-5(13-2)6-3-7(10)9(12)8(11)4-6/h3-5,13H,1-2H3/t5-/m1/s1. The molecule has 1 atom stereocenters. The Morgan fingerprint density at radius 2 is 1.62 bits per heavy atom. The van der Waals surface area contributed by atoms with E-state index in [-0.39, 0.29) is 6.04 Å². The largest absolute Gasteiger partial charge is 0.313 e. The van der Waals surface area contributed by atoms with E-state index in [1.165, 1.54) is 0 Å². The summed E-state index contributed by atoms with van der Waals surface area (Å²) in [5.41, 5.74) is 0.388. The lowest BCUT2D eigenvalue weighted by Crippen LogP contribution is -2.13. The van der Waals surface area contributed by atoms with Crippen molar-refractivity contribution in [3.05, 3.63) is 35.1 Å². The molecule has 13 heavy (non-hydrogen) atoms. The van der Waals surface area contributed by atoms with Gasteiger partial charge in [-0.25, -0.2) is 13.2 Å². The van der Waals surface area contributed by atoms with Crippen LogP contribution < -0.4 is 5.32 Å². The average molecular weight is 189 g/mol. The Labute approximate surface area is 74.6 Å². The highest BCUT2D eigenvalue weighted by Crippen LogP contribution is 2.18. The van der Waals surface area contributed by atoms with Gasteiger partial charge in [-0.2, -0.15) is 0 Å². The fraction of sp³-hybridized carbons (Fsp3) is 0.333. The first-order valence-electron chi connectivity index (χ1n) is 3.88. The van der Waals surface area contributed by atoms with Crippen LogP contribution in [0.5, 0.6) is 0 Å². The molecule has 4 heteroatoms. The molecule has 72 valence electrons. The van der Waals surface area contributed by atoms with Crippen LogP contribution in [0.4, 0.5) is 13.2 Å². The molecule has 0 aliphatic rings. The molecule has 0 amide bonds. The van der Waals surface area contributed by atoms with Gasteiger partial charge in [0, 0.05) is 6.04 Å². The van der Waals surface area contributed by atoms with Crippen LogP contribution in [-0.2, 0) is 0 Å². The molecule has 0 saturated carbocycles. The summed E-state index contributed by atoms with van der Waals surface area (Å²) >= 11 is 0. The lowest BCUT2D eigenvalue weighted by molar-refractivity contribution is 0.442. The minimum Gasteiger partial charge on any atom is -0.313 e. The van der Waals surface area contributed by atoms with Crippen molar-refractivity contribution in [2.24, 2.45) is 0 Å². The number of rotatable bonds is 2. The topological polar surface area (TPSA) is 12.0 Å². The molecule has 0 spiro atoms. The SMILES string of the molecule is CN[C@H](C)c1cc(F)c(F)c(F)c1. The first-order valence-corrected chi connectivity index (χ1v) is 3.88. The van der Waals surface area contributed by atoms with Gasteiger partial charge >= 0.3 is 0 Å². The first-order chi connectivity index (χ1) is 6.06. The zero-order valence-corrected chi connectivity index (χ0v) is 7.37. The van der Waals surface area contributed by atoms with Crippen LogP contribution in [0.25, 0.3) is 0 Å². The Hall–Kier alpha value is -1.03. The van der Waals surface area contributed by atoms with Gasteiger partial charge in [-0.15, -0.1) is 0 Å². The van der Waals surface area contributed by atoms with Gasteiger partial charge in [-0.1, -0.05) is 0 Å². The molecule has 0 saturated heterocycles. The molecule has 1 rings (SSSR count). The van der Waals surface area contributed by atoms with Crippen molar-refractivity contribution in [2.45, 2.75) is 13.0 Å². The van der Waals surface area contributed by atoms with Crippen molar-refractivity contribution >= 4 is 0 Å². The van der Waals surface area contributed by atoms with Crippen molar-refractivity contribution in [2.75, 3.05) is 7.05 Å². The molecule has 0 aromatic heterocycles. The fourth-order valence-corrected chi connectivity index (χ4v) is 0.992. The van der Waals surface area contributed by atoms with E-state index in [2.05, 4.69) is 5.32 Å². The van der Waals surface area contributed by atoms with E-state index in [4.69, 9.17) is 0 Å². The second-order valence-corrected chi connectivity index (χ2v) is 2.81. The Kier molecular flexibility index (Phi) is 2.93. The fourth-order valence-electron chi connectivity index (χ4n) is 0.992. The second kappa shape index (κ2) is 3.79. The van der Waals surface area contributed by atoms with Crippen LogP contribution in [0.15, 0.2) is 12.1 Å². The summed E-state index contributed by atoms with van der Waals surface area (Å²) in [5, 5.41) is 2.80. The van der Waals surface area contributed by atoms with Crippen LogP contribution >= 0.6 is 0 Å². The molecule has 1 N–H and O–H groups in total. The summed E-state index contributed by atoms with van der Waals surface area (Å²) in [6, 6.07) is 1.77. The third-order valence-electron chi connectivity index (χ3n) is 1.94. The van der Waals surface area contributed by atoms with Crippen molar-refractivity contribution in [3.63, 3.8) is 0 Å². The number of halogens is 3. The highest BCUT2D eigenvalue weighted by molar-refractivity contribution is 5.22. The predicted octanol–water partition coefficient (Wildman–Crippen LogP) is 2.38. The molecule has 0 unspecified atom stereocenters. The molecular formula is C9H10F3N. The summed E-state index contributed by atoms with van der Waals surface area (Å²) in [6.45, 7) is 1.73. The Balaban J connectivity index is 3.13. The number of nitrogens with one attached hydrogen (secondary N) is 1. The molecule has 0 bridgehead atoms. The minimum absolute atomic E-state index is 0.204. The molecule has 0 fully saturated rings. The molecular weight excluding hydrogens is 179 g/mol. The Morgan fingerprint density at radius 1 is 1.15 bits per heavy atom. The van der Waals surface area contributed by atoms with Crippen LogP contribution in [0.2, 0.25) is 0 Å². The highest BCUT2D eigenvalue weighted by atomic mass is 19.2. The van der Waals surface area contributed by atoms with E-state index in [1.54, 1.807) is 14.0 Å². The molecule has 0 aliphatic carbocycles. The quantitative estimate of drug-likeness (QED) is 0.704. The maximum Gasteiger partial charge on any atom is 0.194 e. The monoisotopic (exact) mass is 189 g/mol. The molecule has 1 aromatic rings. The van der Waals surface area contributed by atoms with E-state index in [1.807, 2.05) is 0 Å². The van der Waals surface area contributed by atoms with Gasteiger partial charge in [0.25, 0.3) is 0 Å². The summed E-state index contributed by atoms with van der Waals surface area (Å²) < 4.78 is 37.9. The smallest absolute Gasteiger partial charge is 0.194 e.